The number of hydrogen-bond acceptors (Lipinski definition) is 8. The molecule has 0 aliphatic heterocycles. The third kappa shape index (κ3) is 6.97. The zero-order valence-electron chi connectivity index (χ0n) is 24.7. The van der Waals surface area contributed by atoms with Gasteiger partial charge in [0.05, 0.1) is 37.1 Å². The molecule has 3 aromatic carbocycles. The summed E-state index contributed by atoms with van der Waals surface area (Å²) in [6.07, 6.45) is 0.895. The van der Waals surface area contributed by atoms with E-state index in [1.54, 1.807) is 86.4 Å². The molecular formula is C32H31ClFN5O6. The van der Waals surface area contributed by atoms with Crippen molar-refractivity contribution in [3.63, 3.8) is 0 Å². The molecule has 0 bridgehead atoms. The first-order chi connectivity index (χ1) is 21.2. The first-order valence-corrected chi connectivity index (χ1v) is 13.7. The van der Waals surface area contributed by atoms with Gasteiger partial charge in [-0.05, 0) is 56.3 Å². The number of nitrogens with two attached hydrogens (primary N) is 1. The molecule has 1 atom stereocenters. The fourth-order valence-corrected chi connectivity index (χ4v) is 4.80. The van der Waals surface area contributed by atoms with Crippen molar-refractivity contribution in [1.29, 1.82) is 0 Å². The maximum atomic E-state index is 15.2. The highest BCUT2D eigenvalue weighted by Crippen LogP contribution is 2.33. The Morgan fingerprint density at radius 3 is 2.49 bits per heavy atom. The van der Waals surface area contributed by atoms with Gasteiger partial charge in [0, 0.05) is 29.4 Å². The van der Waals surface area contributed by atoms with E-state index in [0.29, 0.717) is 33.8 Å². The molecule has 13 heteroatoms. The molecule has 2 heterocycles. The van der Waals surface area contributed by atoms with E-state index in [1.165, 1.54) is 16.8 Å². The topological polar surface area (TPSA) is 140 Å². The van der Waals surface area contributed by atoms with E-state index in [0.717, 1.165) is 6.07 Å². The predicted molar refractivity (Wildman–Crippen MR) is 169 cm³/mol. The van der Waals surface area contributed by atoms with E-state index >= 15 is 4.39 Å². The number of para-hydroxylation sites is 1. The number of aromatic nitrogens is 3. The van der Waals surface area contributed by atoms with Gasteiger partial charge in [0.2, 0.25) is 0 Å². The van der Waals surface area contributed by atoms with Crippen molar-refractivity contribution in [1.82, 2.24) is 14.3 Å². The molecule has 1 amide bonds. The number of fused-ring (bicyclic) bond motifs is 1. The molecule has 0 aliphatic carbocycles. The highest BCUT2D eigenvalue weighted by Gasteiger charge is 2.25. The summed E-state index contributed by atoms with van der Waals surface area (Å²) in [5, 5.41) is 3.27. The number of anilines is 1. The summed E-state index contributed by atoms with van der Waals surface area (Å²) in [4.78, 5) is 43.1. The smallest absolute Gasteiger partial charge is 0.320 e. The monoisotopic (exact) mass is 635 g/mol. The Hall–Kier alpha value is -5.20. The van der Waals surface area contributed by atoms with Crippen LogP contribution in [0.25, 0.3) is 16.6 Å². The van der Waals surface area contributed by atoms with Gasteiger partial charge in [0.1, 0.15) is 23.2 Å². The van der Waals surface area contributed by atoms with Crippen LogP contribution in [-0.4, -0.2) is 46.0 Å². The molecule has 11 nitrogen and oxygen atoms in total. The van der Waals surface area contributed by atoms with Crippen LogP contribution in [-0.2, 0) is 16.1 Å². The second kappa shape index (κ2) is 14.1. The number of ether oxygens (including phenoxy) is 3. The average Bonchev–Trinajstić information content (AvgIpc) is 3.26. The van der Waals surface area contributed by atoms with Gasteiger partial charge in [0.25, 0.3) is 11.5 Å². The highest BCUT2D eigenvalue weighted by atomic mass is 35.5. The Morgan fingerprint density at radius 2 is 1.80 bits per heavy atom. The molecule has 5 aromatic rings. The Kier molecular flexibility index (Phi) is 10.2. The van der Waals surface area contributed by atoms with Crippen LogP contribution < -0.4 is 26.1 Å². The van der Waals surface area contributed by atoms with Gasteiger partial charge >= 0.3 is 5.97 Å². The highest BCUT2D eigenvalue weighted by molar-refractivity contribution is 6.05. The van der Waals surface area contributed by atoms with Crippen LogP contribution in [0.3, 0.4) is 0 Å². The van der Waals surface area contributed by atoms with Crippen molar-refractivity contribution in [2.75, 3.05) is 19.0 Å². The quantitative estimate of drug-likeness (QED) is 0.204. The number of carbonyl (C=O) groups excluding carboxylic acids is 2. The predicted octanol–water partition coefficient (Wildman–Crippen LogP) is 5.00. The van der Waals surface area contributed by atoms with Gasteiger partial charge in [-0.25, -0.2) is 9.07 Å². The van der Waals surface area contributed by atoms with E-state index in [1.807, 2.05) is 0 Å². The summed E-state index contributed by atoms with van der Waals surface area (Å²) in [6, 6.07) is 19.6. The number of rotatable bonds is 10. The minimum Gasteiger partial charge on any atom is -0.497 e. The van der Waals surface area contributed by atoms with Crippen molar-refractivity contribution >= 4 is 40.9 Å². The van der Waals surface area contributed by atoms with Gasteiger partial charge in [-0.1, -0.05) is 18.2 Å². The number of halogens is 2. The number of hydrogen-bond donors (Lipinski definition) is 2. The summed E-state index contributed by atoms with van der Waals surface area (Å²) in [5.74, 6) is -1.11. The van der Waals surface area contributed by atoms with Gasteiger partial charge in [-0.2, -0.15) is 0 Å². The number of amides is 1. The van der Waals surface area contributed by atoms with Crippen molar-refractivity contribution in [2.45, 2.75) is 26.5 Å². The SMILES string of the molecule is COc1ccc2c(Oc3ccc(NC(=O)c4c(C)n(C[C@H](C)OC(=O)CN)n(-c5ccccc5)c4=O)cc3F)ccnc2c1.Cl. The molecular weight excluding hydrogens is 605 g/mol. The van der Waals surface area contributed by atoms with Crippen LogP contribution in [0, 0.1) is 12.7 Å². The first-order valence-electron chi connectivity index (χ1n) is 13.7. The standard InChI is InChI=1S/C32H30FN5O6.ClH/c1-19(43-29(39)17-34)18-37-20(2)30(32(41)38(37)22-7-5-4-6-8-22)31(40)36-21-9-12-28(25(33)15-21)44-27-13-14-35-26-16-23(42-3)10-11-24(26)27;/h4-16,19H,17-18,34H2,1-3H3,(H,36,40);1H/t19-;/m0./s1. The number of benzene rings is 3. The lowest BCUT2D eigenvalue weighted by atomic mass is 10.2. The molecule has 0 saturated heterocycles. The number of esters is 1. The number of nitrogens with zero attached hydrogens (tertiary/aromatic N) is 3. The zero-order chi connectivity index (χ0) is 31.4. The van der Waals surface area contributed by atoms with Crippen molar-refractivity contribution < 1.29 is 28.2 Å². The lowest BCUT2D eigenvalue weighted by Crippen LogP contribution is -2.30. The second-order valence-electron chi connectivity index (χ2n) is 9.89. The zero-order valence-corrected chi connectivity index (χ0v) is 25.5. The molecule has 0 fully saturated rings. The van der Waals surface area contributed by atoms with E-state index in [4.69, 9.17) is 19.9 Å². The van der Waals surface area contributed by atoms with Crippen LogP contribution in [0.4, 0.5) is 10.1 Å². The minimum absolute atomic E-state index is 0. The molecule has 0 saturated carbocycles. The number of pyridine rings is 1. The van der Waals surface area contributed by atoms with Gasteiger partial charge < -0.3 is 25.3 Å². The maximum absolute atomic E-state index is 15.2. The molecule has 0 spiro atoms. The lowest BCUT2D eigenvalue weighted by Gasteiger charge is -2.18. The third-order valence-electron chi connectivity index (χ3n) is 6.87. The fraction of sp³-hybridized carbons (Fsp3) is 0.188. The van der Waals surface area contributed by atoms with Gasteiger partial charge in [-0.15, -0.1) is 12.4 Å². The van der Waals surface area contributed by atoms with Gasteiger partial charge in [-0.3, -0.25) is 24.0 Å². The third-order valence-corrected chi connectivity index (χ3v) is 6.87. The maximum Gasteiger partial charge on any atom is 0.320 e. The summed E-state index contributed by atoms with van der Waals surface area (Å²) >= 11 is 0. The molecule has 0 unspecified atom stereocenters. The Labute approximate surface area is 263 Å². The summed E-state index contributed by atoms with van der Waals surface area (Å²) in [6.45, 7) is 3.05. The molecule has 3 N–H and O–H groups in total. The van der Waals surface area contributed by atoms with Crippen LogP contribution in [0.15, 0.2) is 83.8 Å². The lowest BCUT2D eigenvalue weighted by molar-refractivity contribution is -0.147. The minimum atomic E-state index is -0.732. The Balaban J connectivity index is 0.00000461. The Bertz CT molecular complexity index is 1910. The molecule has 2 aromatic heterocycles. The van der Waals surface area contributed by atoms with E-state index in [-0.39, 0.29) is 42.5 Å². The summed E-state index contributed by atoms with van der Waals surface area (Å²) in [5.41, 5.74) is 6.19. The molecule has 0 aliphatic rings. The second-order valence-corrected chi connectivity index (χ2v) is 9.89. The number of methoxy groups -OCH3 is 1. The fourth-order valence-electron chi connectivity index (χ4n) is 4.80. The van der Waals surface area contributed by atoms with Crippen LogP contribution in [0.5, 0.6) is 17.2 Å². The summed E-state index contributed by atoms with van der Waals surface area (Å²) in [7, 11) is 1.55. The normalized spacial score (nSPS) is 11.4. The van der Waals surface area contributed by atoms with Crippen molar-refractivity contribution in [2.24, 2.45) is 5.73 Å². The average molecular weight is 636 g/mol. The van der Waals surface area contributed by atoms with Crippen LogP contribution >= 0.6 is 12.4 Å². The first kappa shape index (κ1) is 32.7. The van der Waals surface area contributed by atoms with E-state index in [2.05, 4.69) is 10.3 Å². The van der Waals surface area contributed by atoms with Gasteiger partial charge in [0.15, 0.2) is 11.6 Å². The number of carbonyl (C=O) groups is 2. The van der Waals surface area contributed by atoms with Crippen LogP contribution in [0.2, 0.25) is 0 Å². The molecule has 5 rings (SSSR count). The largest absolute Gasteiger partial charge is 0.497 e. The van der Waals surface area contributed by atoms with E-state index < -0.39 is 29.4 Å². The molecule has 45 heavy (non-hydrogen) atoms. The van der Waals surface area contributed by atoms with Crippen LogP contribution in [0.1, 0.15) is 23.0 Å². The molecule has 234 valence electrons. The molecule has 0 radical (unpaired) electrons. The van der Waals surface area contributed by atoms with E-state index in [9.17, 15) is 14.4 Å². The van der Waals surface area contributed by atoms with Crippen molar-refractivity contribution in [3.05, 3.63) is 106 Å². The Morgan fingerprint density at radius 1 is 1.04 bits per heavy atom. The summed E-state index contributed by atoms with van der Waals surface area (Å²) < 4.78 is 34.5. The van der Waals surface area contributed by atoms with Crippen molar-refractivity contribution in [3.8, 4) is 22.9 Å². The number of nitrogens with one attached hydrogen (secondary N) is 1.